The summed E-state index contributed by atoms with van der Waals surface area (Å²) in [4.78, 5) is 0.234. The number of nitrogens with zero attached hydrogens (tertiary/aromatic N) is 2. The Hall–Kier alpha value is -2.97. The van der Waals surface area contributed by atoms with Crippen LogP contribution in [0, 0.1) is 6.92 Å². The number of aryl methyl sites for hydroxylation is 1. The zero-order valence-corrected chi connectivity index (χ0v) is 18.8. The van der Waals surface area contributed by atoms with Crippen LogP contribution in [0.15, 0.2) is 59.6 Å². The maximum atomic E-state index is 13.8. The van der Waals surface area contributed by atoms with Crippen LogP contribution in [0.2, 0.25) is 0 Å². The first-order chi connectivity index (χ1) is 14.9. The summed E-state index contributed by atoms with van der Waals surface area (Å²) in [6.07, 6.45) is 1.97. The largest absolute Gasteiger partial charge is 0.497 e. The predicted molar refractivity (Wildman–Crippen MR) is 117 cm³/mol. The van der Waals surface area contributed by atoms with Crippen LogP contribution in [0.1, 0.15) is 22.9 Å². The molecule has 0 saturated carbocycles. The van der Waals surface area contributed by atoms with E-state index < -0.39 is 16.1 Å². The number of ether oxygens (including phenoxy) is 3. The van der Waals surface area contributed by atoms with Gasteiger partial charge in [-0.25, -0.2) is 8.42 Å². The van der Waals surface area contributed by atoms with Crippen molar-refractivity contribution in [3.8, 4) is 17.2 Å². The first-order valence-corrected chi connectivity index (χ1v) is 11.4. The zero-order valence-electron chi connectivity index (χ0n) is 18.0. The van der Waals surface area contributed by atoms with E-state index in [1.807, 2.05) is 31.3 Å². The lowest BCUT2D eigenvalue weighted by Gasteiger charge is -2.37. The number of hydrogen-bond donors (Lipinski definition) is 0. The highest BCUT2D eigenvalue weighted by atomic mass is 32.2. The molecule has 4 rings (SSSR count). The van der Waals surface area contributed by atoms with Crippen molar-refractivity contribution >= 4 is 10.0 Å². The second-order valence-corrected chi connectivity index (χ2v) is 9.27. The molecule has 31 heavy (non-hydrogen) atoms. The normalized spacial score (nSPS) is 16.6. The van der Waals surface area contributed by atoms with Gasteiger partial charge in [-0.3, -0.25) is 0 Å². The highest BCUT2D eigenvalue weighted by Gasteiger charge is 2.39. The Labute approximate surface area is 182 Å². The summed E-state index contributed by atoms with van der Waals surface area (Å²) in [5.41, 5.74) is 2.38. The van der Waals surface area contributed by atoms with Crippen LogP contribution < -0.4 is 14.2 Å². The number of benzene rings is 2. The average Bonchev–Trinajstić information content (AvgIpc) is 3.26. The van der Waals surface area contributed by atoms with Crippen LogP contribution in [0.5, 0.6) is 17.2 Å². The zero-order chi connectivity index (χ0) is 22.2. The van der Waals surface area contributed by atoms with Gasteiger partial charge in [0.2, 0.25) is 10.0 Å². The summed E-state index contributed by atoms with van der Waals surface area (Å²) >= 11 is 0. The maximum absolute atomic E-state index is 13.8. The lowest BCUT2D eigenvalue weighted by Crippen LogP contribution is -2.42. The van der Waals surface area contributed by atoms with Crippen molar-refractivity contribution in [2.24, 2.45) is 0 Å². The van der Waals surface area contributed by atoms with Crippen LogP contribution in [0.25, 0.3) is 0 Å². The molecule has 2 aromatic carbocycles. The molecule has 164 valence electrons. The van der Waals surface area contributed by atoms with Crippen molar-refractivity contribution in [1.29, 1.82) is 0 Å². The number of methoxy groups -OCH3 is 3. The van der Waals surface area contributed by atoms with Crippen molar-refractivity contribution < 1.29 is 22.6 Å². The van der Waals surface area contributed by atoms with E-state index >= 15 is 0 Å². The molecule has 1 aliphatic heterocycles. The lowest BCUT2D eigenvalue weighted by molar-refractivity contribution is 0.289. The first kappa shape index (κ1) is 21.3. The molecule has 1 atom stereocenters. The topological polar surface area (TPSA) is 70.0 Å². The van der Waals surface area contributed by atoms with E-state index in [1.165, 1.54) is 0 Å². The molecular formula is C23H26N2O5S. The van der Waals surface area contributed by atoms with Crippen LogP contribution in [-0.2, 0) is 16.6 Å². The Kier molecular flexibility index (Phi) is 5.68. The molecule has 0 N–H and O–H groups in total. The Morgan fingerprint density at radius 3 is 2.32 bits per heavy atom. The van der Waals surface area contributed by atoms with E-state index in [1.54, 1.807) is 56.0 Å². The molecular weight excluding hydrogens is 416 g/mol. The molecule has 0 bridgehead atoms. The molecule has 1 aromatic heterocycles. The molecule has 0 radical (unpaired) electrons. The fraction of sp³-hybridized carbons (Fsp3) is 0.304. The van der Waals surface area contributed by atoms with Gasteiger partial charge in [0, 0.05) is 30.5 Å². The van der Waals surface area contributed by atoms with Gasteiger partial charge in [-0.05, 0) is 61.0 Å². The number of fused-ring (bicyclic) bond motifs is 1. The summed E-state index contributed by atoms with van der Waals surface area (Å²) in [7, 11) is 0.935. The van der Waals surface area contributed by atoms with E-state index in [0.717, 1.165) is 16.8 Å². The van der Waals surface area contributed by atoms with Gasteiger partial charge >= 0.3 is 0 Å². The minimum Gasteiger partial charge on any atom is -0.497 e. The molecule has 3 aromatic rings. The summed E-state index contributed by atoms with van der Waals surface area (Å²) in [5.74, 6) is 1.89. The minimum atomic E-state index is -3.80. The van der Waals surface area contributed by atoms with Gasteiger partial charge in [-0.15, -0.1) is 0 Å². The SMILES string of the molecule is COc1ccc(OC)c([C@@H]2c3cccn3CCN2S(=O)(=O)c2ccc(OC)c(C)c2)c1. The van der Waals surface area contributed by atoms with E-state index in [0.29, 0.717) is 30.3 Å². The Bertz CT molecular complexity index is 1200. The molecule has 0 aliphatic carbocycles. The number of sulfonamides is 1. The molecule has 0 amide bonds. The highest BCUT2D eigenvalue weighted by Crippen LogP contribution is 2.41. The lowest BCUT2D eigenvalue weighted by atomic mass is 10.0. The number of hydrogen-bond acceptors (Lipinski definition) is 5. The second-order valence-electron chi connectivity index (χ2n) is 7.38. The van der Waals surface area contributed by atoms with Gasteiger partial charge in [0.15, 0.2) is 0 Å². The molecule has 1 aliphatic rings. The summed E-state index contributed by atoms with van der Waals surface area (Å²) in [6, 6.07) is 13.7. The quantitative estimate of drug-likeness (QED) is 0.583. The third kappa shape index (κ3) is 3.66. The summed E-state index contributed by atoms with van der Waals surface area (Å²) < 4.78 is 47.6. The fourth-order valence-corrected chi connectivity index (χ4v) is 5.79. The third-order valence-corrected chi connectivity index (χ3v) is 7.56. The maximum Gasteiger partial charge on any atom is 0.244 e. The van der Waals surface area contributed by atoms with Crippen molar-refractivity contribution in [2.75, 3.05) is 27.9 Å². The fourth-order valence-electron chi connectivity index (χ4n) is 4.14. The number of aromatic nitrogens is 1. The molecule has 0 saturated heterocycles. The van der Waals surface area contributed by atoms with Crippen LogP contribution in [0.3, 0.4) is 0 Å². The molecule has 0 unspecified atom stereocenters. The number of rotatable bonds is 6. The smallest absolute Gasteiger partial charge is 0.244 e. The third-order valence-electron chi connectivity index (χ3n) is 5.70. The van der Waals surface area contributed by atoms with Crippen LogP contribution in [0.4, 0.5) is 0 Å². The van der Waals surface area contributed by atoms with Crippen molar-refractivity contribution in [3.63, 3.8) is 0 Å². The van der Waals surface area contributed by atoms with Gasteiger partial charge in [0.25, 0.3) is 0 Å². The molecule has 0 spiro atoms. The second kappa shape index (κ2) is 8.28. The standard InChI is InChI=1S/C23H26N2O5S/c1-16-14-18(8-10-21(16)29-3)31(26,27)25-13-12-24-11-5-6-20(24)23(25)19-15-17(28-2)7-9-22(19)30-4/h5-11,14-15,23H,12-13H2,1-4H3/t23-/m1/s1. The average molecular weight is 443 g/mol. The predicted octanol–water partition coefficient (Wildman–Crippen LogP) is 3.62. The Balaban J connectivity index is 1.88. The monoisotopic (exact) mass is 442 g/mol. The molecule has 7 nitrogen and oxygen atoms in total. The van der Waals surface area contributed by atoms with Crippen molar-refractivity contribution in [1.82, 2.24) is 8.87 Å². The van der Waals surface area contributed by atoms with E-state index in [4.69, 9.17) is 14.2 Å². The Morgan fingerprint density at radius 1 is 0.903 bits per heavy atom. The van der Waals surface area contributed by atoms with Gasteiger partial charge < -0.3 is 18.8 Å². The van der Waals surface area contributed by atoms with E-state index in [9.17, 15) is 8.42 Å². The van der Waals surface area contributed by atoms with Gasteiger partial charge in [0.05, 0.1) is 32.3 Å². The van der Waals surface area contributed by atoms with Crippen molar-refractivity contribution in [3.05, 3.63) is 71.5 Å². The van der Waals surface area contributed by atoms with E-state index in [-0.39, 0.29) is 4.90 Å². The summed E-state index contributed by atoms with van der Waals surface area (Å²) in [6.45, 7) is 2.74. The first-order valence-electron chi connectivity index (χ1n) is 9.94. The Morgan fingerprint density at radius 2 is 1.65 bits per heavy atom. The van der Waals surface area contributed by atoms with Crippen LogP contribution in [-0.4, -0.2) is 45.2 Å². The summed E-state index contributed by atoms with van der Waals surface area (Å²) in [5, 5.41) is 0. The van der Waals surface area contributed by atoms with Gasteiger partial charge in [-0.2, -0.15) is 4.31 Å². The van der Waals surface area contributed by atoms with E-state index in [2.05, 4.69) is 4.57 Å². The molecule has 0 fully saturated rings. The van der Waals surface area contributed by atoms with Gasteiger partial charge in [-0.1, -0.05) is 0 Å². The highest BCUT2D eigenvalue weighted by molar-refractivity contribution is 7.89. The molecule has 8 heteroatoms. The minimum absolute atomic E-state index is 0.234. The van der Waals surface area contributed by atoms with Crippen molar-refractivity contribution in [2.45, 2.75) is 24.4 Å². The van der Waals surface area contributed by atoms with Gasteiger partial charge in [0.1, 0.15) is 17.2 Å². The van der Waals surface area contributed by atoms with Crippen LogP contribution >= 0.6 is 0 Å². The molecule has 2 heterocycles.